The van der Waals surface area contributed by atoms with Crippen LogP contribution in [-0.2, 0) is 0 Å². The molecule has 0 aromatic heterocycles. The van der Waals surface area contributed by atoms with Crippen LogP contribution >= 0.6 is 11.6 Å². The van der Waals surface area contributed by atoms with Gasteiger partial charge in [-0.05, 0) is 49.9 Å². The third-order valence-corrected chi connectivity index (χ3v) is 4.22. The van der Waals surface area contributed by atoms with Crippen molar-refractivity contribution >= 4 is 17.4 Å². The molecule has 1 saturated carbocycles. The number of hydrogen-bond donors (Lipinski definition) is 1. The van der Waals surface area contributed by atoms with E-state index in [2.05, 4.69) is 0 Å². The minimum atomic E-state index is -1.26. The van der Waals surface area contributed by atoms with Crippen molar-refractivity contribution in [3.63, 3.8) is 0 Å². The Labute approximate surface area is 113 Å². The van der Waals surface area contributed by atoms with Crippen molar-refractivity contribution in [3.8, 4) is 0 Å². The van der Waals surface area contributed by atoms with Crippen LogP contribution in [0.15, 0.2) is 24.3 Å². The van der Waals surface area contributed by atoms with E-state index in [1.54, 1.807) is 31.2 Å². The molecule has 1 atom stereocenters. The monoisotopic (exact) mass is 266 g/mol. The molecule has 1 N–H and O–H groups in total. The molecular weight excluding hydrogens is 248 g/mol. The Bertz CT molecular complexity index is 417. The van der Waals surface area contributed by atoms with Crippen LogP contribution in [0.2, 0.25) is 5.02 Å². The van der Waals surface area contributed by atoms with E-state index in [0.717, 1.165) is 25.7 Å². The number of aliphatic hydroxyl groups is 1. The smallest absolute Gasteiger partial charge is 0.194 e. The molecule has 3 heteroatoms. The lowest BCUT2D eigenvalue weighted by atomic mass is 9.74. The highest BCUT2D eigenvalue weighted by molar-refractivity contribution is 6.30. The van der Waals surface area contributed by atoms with Crippen molar-refractivity contribution in [1.82, 2.24) is 0 Å². The molecule has 2 rings (SSSR count). The summed E-state index contributed by atoms with van der Waals surface area (Å²) in [6.45, 7) is 1.65. The number of benzene rings is 1. The van der Waals surface area contributed by atoms with Gasteiger partial charge in [-0.2, -0.15) is 0 Å². The molecule has 1 aliphatic rings. The van der Waals surface area contributed by atoms with Crippen molar-refractivity contribution in [3.05, 3.63) is 34.9 Å². The maximum Gasteiger partial charge on any atom is 0.194 e. The quantitative estimate of drug-likeness (QED) is 0.844. The molecule has 0 saturated heterocycles. The van der Waals surface area contributed by atoms with E-state index in [1.165, 1.54) is 6.42 Å². The summed E-state index contributed by atoms with van der Waals surface area (Å²) in [6.07, 6.45) is 5.30. The molecule has 18 heavy (non-hydrogen) atoms. The minimum Gasteiger partial charge on any atom is -0.382 e. The fourth-order valence-corrected chi connectivity index (χ4v) is 2.87. The van der Waals surface area contributed by atoms with Crippen LogP contribution < -0.4 is 0 Å². The van der Waals surface area contributed by atoms with E-state index in [4.69, 9.17) is 11.6 Å². The summed E-state index contributed by atoms with van der Waals surface area (Å²) in [5, 5.41) is 11.1. The maximum absolute atomic E-state index is 12.4. The van der Waals surface area contributed by atoms with Crippen molar-refractivity contribution in [2.75, 3.05) is 0 Å². The van der Waals surface area contributed by atoms with Crippen LogP contribution in [0.3, 0.4) is 0 Å². The van der Waals surface area contributed by atoms with Gasteiger partial charge in [0.2, 0.25) is 0 Å². The van der Waals surface area contributed by atoms with Gasteiger partial charge in [-0.25, -0.2) is 0 Å². The second-order valence-electron chi connectivity index (χ2n) is 5.32. The molecule has 0 spiro atoms. The average molecular weight is 267 g/mol. The molecule has 0 radical (unpaired) electrons. The first kappa shape index (κ1) is 13.6. The SMILES string of the molecule is CC(O)(C(=O)c1ccc(Cl)cc1)C1CCCCC1. The van der Waals surface area contributed by atoms with Gasteiger partial charge in [0.1, 0.15) is 5.60 Å². The predicted octanol–water partition coefficient (Wildman–Crippen LogP) is 3.85. The number of ketones is 1. The molecule has 1 unspecified atom stereocenters. The van der Waals surface area contributed by atoms with E-state index in [-0.39, 0.29) is 11.7 Å². The summed E-state index contributed by atoms with van der Waals surface area (Å²) in [5.74, 6) is -0.111. The first-order valence-corrected chi connectivity index (χ1v) is 6.92. The molecule has 0 heterocycles. The lowest BCUT2D eigenvalue weighted by Crippen LogP contribution is -2.43. The van der Waals surface area contributed by atoms with Gasteiger partial charge in [-0.3, -0.25) is 4.79 Å². The summed E-state index contributed by atoms with van der Waals surface area (Å²) in [6, 6.07) is 6.74. The molecule has 0 bridgehead atoms. The number of halogens is 1. The summed E-state index contributed by atoms with van der Waals surface area (Å²) < 4.78 is 0. The van der Waals surface area contributed by atoms with Crippen molar-refractivity contribution in [2.24, 2.45) is 5.92 Å². The van der Waals surface area contributed by atoms with Crippen LogP contribution in [0.4, 0.5) is 0 Å². The highest BCUT2D eigenvalue weighted by Crippen LogP contribution is 2.34. The van der Waals surface area contributed by atoms with Gasteiger partial charge in [-0.1, -0.05) is 30.9 Å². The second kappa shape index (κ2) is 5.41. The third-order valence-electron chi connectivity index (χ3n) is 3.97. The molecule has 0 aliphatic heterocycles. The zero-order valence-electron chi connectivity index (χ0n) is 10.7. The second-order valence-corrected chi connectivity index (χ2v) is 5.75. The Kier molecular flexibility index (Phi) is 4.08. The van der Waals surface area contributed by atoms with Gasteiger partial charge in [0.25, 0.3) is 0 Å². The Morgan fingerprint density at radius 2 is 1.78 bits per heavy atom. The summed E-state index contributed by atoms with van der Waals surface area (Å²) in [7, 11) is 0. The van der Waals surface area contributed by atoms with Crippen LogP contribution in [-0.4, -0.2) is 16.5 Å². The van der Waals surface area contributed by atoms with Gasteiger partial charge < -0.3 is 5.11 Å². The molecule has 98 valence electrons. The molecule has 1 aromatic carbocycles. The normalized spacial score (nSPS) is 20.4. The molecule has 2 nitrogen and oxygen atoms in total. The van der Waals surface area contributed by atoms with Crippen molar-refractivity contribution < 1.29 is 9.90 Å². The fraction of sp³-hybridized carbons (Fsp3) is 0.533. The number of hydrogen-bond acceptors (Lipinski definition) is 2. The number of Topliss-reactive ketones (excluding diaryl/α,β-unsaturated/α-hetero) is 1. The number of carbonyl (C=O) groups is 1. The van der Waals surface area contributed by atoms with Crippen molar-refractivity contribution in [1.29, 1.82) is 0 Å². The van der Waals surface area contributed by atoms with Gasteiger partial charge in [0.05, 0.1) is 0 Å². The molecule has 1 fully saturated rings. The van der Waals surface area contributed by atoms with Gasteiger partial charge >= 0.3 is 0 Å². The molecule has 0 amide bonds. The zero-order chi connectivity index (χ0) is 13.2. The lowest BCUT2D eigenvalue weighted by Gasteiger charge is -2.34. The van der Waals surface area contributed by atoms with Gasteiger partial charge in [0, 0.05) is 10.6 Å². The van der Waals surface area contributed by atoms with Crippen LogP contribution in [0.25, 0.3) is 0 Å². The highest BCUT2D eigenvalue weighted by Gasteiger charge is 2.39. The molecule has 1 aliphatic carbocycles. The Morgan fingerprint density at radius 3 is 2.33 bits per heavy atom. The Morgan fingerprint density at radius 1 is 1.22 bits per heavy atom. The first-order valence-electron chi connectivity index (χ1n) is 6.54. The summed E-state index contributed by atoms with van der Waals surface area (Å²) in [5.41, 5.74) is -0.719. The predicted molar refractivity (Wildman–Crippen MR) is 73.0 cm³/mol. The summed E-state index contributed by atoms with van der Waals surface area (Å²) >= 11 is 5.81. The standard InChI is InChI=1S/C15H19ClO2/c1-15(18,12-5-3-2-4-6-12)14(17)11-7-9-13(16)10-8-11/h7-10,12,18H,2-6H2,1H3. The van der Waals surface area contributed by atoms with Crippen molar-refractivity contribution in [2.45, 2.75) is 44.6 Å². The Balaban J connectivity index is 2.17. The number of rotatable bonds is 3. The highest BCUT2D eigenvalue weighted by atomic mass is 35.5. The molecular formula is C15H19ClO2. The fourth-order valence-electron chi connectivity index (χ4n) is 2.74. The largest absolute Gasteiger partial charge is 0.382 e. The van der Waals surface area contributed by atoms with Gasteiger partial charge in [-0.15, -0.1) is 0 Å². The maximum atomic E-state index is 12.4. The Hall–Kier alpha value is -0.860. The van der Waals surface area contributed by atoms with Gasteiger partial charge in [0.15, 0.2) is 5.78 Å². The van der Waals surface area contributed by atoms with E-state index in [0.29, 0.717) is 10.6 Å². The van der Waals surface area contributed by atoms with Crippen LogP contribution in [0, 0.1) is 5.92 Å². The minimum absolute atomic E-state index is 0.0782. The van der Waals surface area contributed by atoms with Crippen LogP contribution in [0.5, 0.6) is 0 Å². The van der Waals surface area contributed by atoms with E-state index in [9.17, 15) is 9.90 Å². The van der Waals surface area contributed by atoms with E-state index in [1.807, 2.05) is 0 Å². The lowest BCUT2D eigenvalue weighted by molar-refractivity contribution is -0.00216. The topological polar surface area (TPSA) is 37.3 Å². The zero-order valence-corrected chi connectivity index (χ0v) is 11.4. The van der Waals surface area contributed by atoms with E-state index < -0.39 is 5.60 Å². The third kappa shape index (κ3) is 2.76. The van der Waals surface area contributed by atoms with Crippen LogP contribution in [0.1, 0.15) is 49.4 Å². The number of carbonyl (C=O) groups excluding carboxylic acids is 1. The van der Waals surface area contributed by atoms with E-state index >= 15 is 0 Å². The average Bonchev–Trinajstić information content (AvgIpc) is 2.40. The molecule has 1 aromatic rings. The summed E-state index contributed by atoms with van der Waals surface area (Å²) in [4.78, 5) is 12.4. The first-order chi connectivity index (χ1) is 8.51.